The molecule has 7 heteroatoms. The molecule has 28 heavy (non-hydrogen) atoms. The summed E-state index contributed by atoms with van der Waals surface area (Å²) in [5.41, 5.74) is 2.36. The molecule has 142 valence electrons. The van der Waals surface area contributed by atoms with Crippen LogP contribution in [0.4, 0.5) is 5.13 Å². The number of halogens is 1. The normalized spacial score (nSPS) is 10.9. The van der Waals surface area contributed by atoms with Crippen molar-refractivity contribution in [1.82, 2.24) is 4.98 Å². The average molecular weight is 413 g/mol. The van der Waals surface area contributed by atoms with Crippen molar-refractivity contribution in [2.24, 2.45) is 0 Å². The molecule has 1 N–H and O–H groups in total. The van der Waals surface area contributed by atoms with E-state index < -0.39 is 0 Å². The van der Waals surface area contributed by atoms with E-state index in [0.717, 1.165) is 28.8 Å². The monoisotopic (exact) mass is 412 g/mol. The third kappa shape index (κ3) is 4.03. The number of rotatable bonds is 6. The number of benzene rings is 2. The van der Waals surface area contributed by atoms with Gasteiger partial charge in [-0.05, 0) is 55.0 Å². The van der Waals surface area contributed by atoms with Crippen LogP contribution in [0.2, 0.25) is 5.02 Å². The first-order valence-corrected chi connectivity index (χ1v) is 10.1. The van der Waals surface area contributed by atoms with Crippen molar-refractivity contribution in [3.05, 3.63) is 64.7 Å². The molecule has 2 aromatic carbocycles. The molecule has 0 spiro atoms. The average Bonchev–Trinajstić information content (AvgIpc) is 3.33. The van der Waals surface area contributed by atoms with Gasteiger partial charge in [0, 0.05) is 21.4 Å². The summed E-state index contributed by atoms with van der Waals surface area (Å²) >= 11 is 7.33. The summed E-state index contributed by atoms with van der Waals surface area (Å²) in [6.07, 6.45) is 0.967. The standard InChI is InChI=1S/C21H17ClN2O3S/c1-2-9-26-16-6-3-13(4-7-16)17-12-28-21(23-17)24-20(25)19-11-14-10-15(22)5-8-18(14)27-19/h3-8,10-12H,2,9H2,1H3,(H,23,24,25). The van der Waals surface area contributed by atoms with Crippen molar-refractivity contribution in [2.75, 3.05) is 11.9 Å². The van der Waals surface area contributed by atoms with Crippen molar-refractivity contribution < 1.29 is 13.9 Å². The highest BCUT2D eigenvalue weighted by Gasteiger charge is 2.15. The highest BCUT2D eigenvalue weighted by Crippen LogP contribution is 2.28. The molecule has 0 fully saturated rings. The Morgan fingerprint density at radius 1 is 1.21 bits per heavy atom. The van der Waals surface area contributed by atoms with Gasteiger partial charge >= 0.3 is 0 Å². The number of ether oxygens (including phenoxy) is 1. The lowest BCUT2D eigenvalue weighted by Gasteiger charge is -2.04. The second-order valence-electron chi connectivity index (χ2n) is 6.16. The number of thiazole rings is 1. The van der Waals surface area contributed by atoms with E-state index in [1.807, 2.05) is 29.6 Å². The van der Waals surface area contributed by atoms with Crippen LogP contribution in [0.1, 0.15) is 23.9 Å². The number of carbonyl (C=O) groups is 1. The number of carbonyl (C=O) groups excluding carboxylic acids is 1. The zero-order chi connectivity index (χ0) is 19.5. The molecular weight excluding hydrogens is 396 g/mol. The molecule has 2 heterocycles. The fraction of sp³-hybridized carbons (Fsp3) is 0.143. The van der Waals surface area contributed by atoms with Gasteiger partial charge in [0.2, 0.25) is 0 Å². The Bertz CT molecular complexity index is 1120. The number of amides is 1. The van der Waals surface area contributed by atoms with E-state index in [9.17, 15) is 4.79 Å². The molecule has 0 bridgehead atoms. The molecule has 0 saturated carbocycles. The molecule has 0 unspecified atom stereocenters. The van der Waals surface area contributed by atoms with Crippen molar-refractivity contribution >= 4 is 44.9 Å². The highest BCUT2D eigenvalue weighted by molar-refractivity contribution is 7.14. The summed E-state index contributed by atoms with van der Waals surface area (Å²) in [4.78, 5) is 17.0. The maximum Gasteiger partial charge on any atom is 0.293 e. The van der Waals surface area contributed by atoms with Gasteiger partial charge in [0.1, 0.15) is 11.3 Å². The smallest absolute Gasteiger partial charge is 0.293 e. The first kappa shape index (κ1) is 18.5. The summed E-state index contributed by atoms with van der Waals surface area (Å²) < 4.78 is 11.2. The summed E-state index contributed by atoms with van der Waals surface area (Å²) in [6.45, 7) is 2.76. The Hall–Kier alpha value is -2.83. The van der Waals surface area contributed by atoms with E-state index >= 15 is 0 Å². The van der Waals surface area contributed by atoms with Crippen LogP contribution in [0.15, 0.2) is 58.3 Å². The Balaban J connectivity index is 1.47. The minimum absolute atomic E-state index is 0.214. The lowest BCUT2D eigenvalue weighted by Crippen LogP contribution is -2.10. The van der Waals surface area contributed by atoms with Crippen molar-refractivity contribution in [3.8, 4) is 17.0 Å². The summed E-state index contributed by atoms with van der Waals surface area (Å²) in [6, 6.07) is 14.6. The minimum Gasteiger partial charge on any atom is -0.494 e. The molecule has 0 saturated heterocycles. The van der Waals surface area contributed by atoms with Gasteiger partial charge in [0.05, 0.1) is 12.3 Å². The second kappa shape index (κ2) is 8.04. The van der Waals surface area contributed by atoms with Crippen LogP contribution >= 0.6 is 22.9 Å². The van der Waals surface area contributed by atoms with Gasteiger partial charge in [-0.25, -0.2) is 4.98 Å². The van der Waals surface area contributed by atoms with Gasteiger partial charge in [-0.2, -0.15) is 0 Å². The number of aromatic nitrogens is 1. The third-order valence-corrected chi connectivity index (χ3v) is 5.04. The van der Waals surface area contributed by atoms with E-state index in [1.165, 1.54) is 11.3 Å². The summed E-state index contributed by atoms with van der Waals surface area (Å²) in [5.74, 6) is 0.697. The number of anilines is 1. The van der Waals surface area contributed by atoms with Crippen LogP contribution in [0.5, 0.6) is 5.75 Å². The fourth-order valence-corrected chi connectivity index (χ4v) is 3.59. The van der Waals surface area contributed by atoms with Gasteiger partial charge < -0.3 is 9.15 Å². The highest BCUT2D eigenvalue weighted by atomic mass is 35.5. The molecule has 0 aliphatic carbocycles. The van der Waals surface area contributed by atoms with E-state index in [0.29, 0.717) is 22.3 Å². The van der Waals surface area contributed by atoms with E-state index in [1.54, 1.807) is 24.3 Å². The summed E-state index contributed by atoms with van der Waals surface area (Å²) in [5, 5.41) is 6.56. The molecule has 0 atom stereocenters. The predicted molar refractivity (Wildman–Crippen MR) is 113 cm³/mol. The Kier molecular flexibility index (Phi) is 5.32. The molecule has 1 amide bonds. The molecule has 0 aliphatic rings. The van der Waals surface area contributed by atoms with Crippen molar-refractivity contribution in [2.45, 2.75) is 13.3 Å². The number of hydrogen-bond acceptors (Lipinski definition) is 5. The molecule has 5 nitrogen and oxygen atoms in total. The first-order valence-electron chi connectivity index (χ1n) is 8.81. The number of nitrogens with one attached hydrogen (secondary N) is 1. The molecule has 4 aromatic rings. The van der Waals surface area contributed by atoms with Crippen LogP contribution < -0.4 is 10.1 Å². The topological polar surface area (TPSA) is 64.4 Å². The van der Waals surface area contributed by atoms with Crippen LogP contribution in [-0.4, -0.2) is 17.5 Å². The maximum absolute atomic E-state index is 12.5. The lowest BCUT2D eigenvalue weighted by molar-refractivity contribution is 0.0998. The van der Waals surface area contributed by atoms with Crippen molar-refractivity contribution in [3.63, 3.8) is 0 Å². The van der Waals surface area contributed by atoms with Crippen molar-refractivity contribution in [1.29, 1.82) is 0 Å². The Morgan fingerprint density at radius 3 is 2.82 bits per heavy atom. The number of hydrogen-bond donors (Lipinski definition) is 1. The van der Waals surface area contributed by atoms with Gasteiger partial charge in [0.15, 0.2) is 10.9 Å². The predicted octanol–water partition coefficient (Wildman–Crippen LogP) is 6.25. The Labute approximate surface area is 170 Å². The van der Waals surface area contributed by atoms with E-state index in [4.69, 9.17) is 20.8 Å². The fourth-order valence-electron chi connectivity index (χ4n) is 2.69. The minimum atomic E-state index is -0.350. The molecule has 2 aromatic heterocycles. The summed E-state index contributed by atoms with van der Waals surface area (Å²) in [7, 11) is 0. The van der Waals surface area contributed by atoms with E-state index in [2.05, 4.69) is 17.2 Å². The Morgan fingerprint density at radius 2 is 2.04 bits per heavy atom. The van der Waals surface area contributed by atoms with Gasteiger partial charge in [0.25, 0.3) is 5.91 Å². The van der Waals surface area contributed by atoms with Crippen LogP contribution in [0.3, 0.4) is 0 Å². The quantitative estimate of drug-likeness (QED) is 0.406. The molecule has 4 rings (SSSR count). The van der Waals surface area contributed by atoms with Gasteiger partial charge in [-0.3, -0.25) is 10.1 Å². The van der Waals surface area contributed by atoms with Crippen LogP contribution in [-0.2, 0) is 0 Å². The van der Waals surface area contributed by atoms with Gasteiger partial charge in [-0.15, -0.1) is 11.3 Å². The number of nitrogens with zero attached hydrogens (tertiary/aromatic N) is 1. The third-order valence-electron chi connectivity index (χ3n) is 4.05. The SMILES string of the molecule is CCCOc1ccc(-c2csc(NC(=O)c3cc4cc(Cl)ccc4o3)n2)cc1. The zero-order valence-corrected chi connectivity index (χ0v) is 16.6. The second-order valence-corrected chi connectivity index (χ2v) is 7.45. The van der Waals surface area contributed by atoms with Crippen LogP contribution in [0, 0.1) is 0 Å². The number of fused-ring (bicyclic) bond motifs is 1. The molecule has 0 aliphatic heterocycles. The number of furan rings is 1. The van der Waals surface area contributed by atoms with Gasteiger partial charge in [-0.1, -0.05) is 18.5 Å². The lowest BCUT2D eigenvalue weighted by atomic mass is 10.2. The van der Waals surface area contributed by atoms with E-state index in [-0.39, 0.29) is 11.7 Å². The van der Waals surface area contributed by atoms with Crippen LogP contribution in [0.25, 0.3) is 22.2 Å². The first-order chi connectivity index (χ1) is 13.6. The molecular formula is C21H17ClN2O3S. The molecule has 0 radical (unpaired) electrons. The zero-order valence-electron chi connectivity index (χ0n) is 15.1. The maximum atomic E-state index is 12.5. The largest absolute Gasteiger partial charge is 0.494 e.